The van der Waals surface area contributed by atoms with E-state index in [4.69, 9.17) is 10.5 Å². The van der Waals surface area contributed by atoms with E-state index >= 15 is 0 Å². The molecule has 2 rings (SSSR count). The zero-order valence-corrected chi connectivity index (χ0v) is 11.2. The molecule has 1 atom stereocenters. The van der Waals surface area contributed by atoms with E-state index in [1.165, 1.54) is 0 Å². The van der Waals surface area contributed by atoms with Gasteiger partial charge in [-0.15, -0.1) is 0 Å². The molecule has 0 saturated heterocycles. The first-order chi connectivity index (χ1) is 9.15. The van der Waals surface area contributed by atoms with Gasteiger partial charge in [0.2, 0.25) is 0 Å². The Hall–Kier alpha value is -2.01. The van der Waals surface area contributed by atoms with Gasteiger partial charge in [-0.05, 0) is 18.6 Å². The molecule has 102 valence electrons. The van der Waals surface area contributed by atoms with Gasteiger partial charge in [0.25, 0.3) is 0 Å². The average Bonchev–Trinajstić information content (AvgIpc) is 2.86. The summed E-state index contributed by atoms with van der Waals surface area (Å²) in [5.74, 6) is 0.584. The fourth-order valence-corrected chi connectivity index (χ4v) is 2.05. The molecule has 0 fully saturated rings. The summed E-state index contributed by atoms with van der Waals surface area (Å²) in [6.07, 6.45) is 3.52. The Bertz CT molecular complexity index is 551. The van der Waals surface area contributed by atoms with Crippen LogP contribution < -0.4 is 10.5 Å². The molecule has 3 N–H and O–H groups in total. The number of nitrogens with zero attached hydrogens (tertiary/aromatic N) is 2. The molecule has 1 aromatic heterocycles. The molecule has 1 aromatic carbocycles. The van der Waals surface area contributed by atoms with Gasteiger partial charge in [-0.25, -0.2) is 0 Å². The number of benzene rings is 1. The van der Waals surface area contributed by atoms with Crippen LogP contribution in [0.15, 0.2) is 30.6 Å². The van der Waals surface area contributed by atoms with Crippen LogP contribution in [0.5, 0.6) is 5.75 Å². The summed E-state index contributed by atoms with van der Waals surface area (Å²) in [6.45, 7) is 2.84. The number of hydrogen-bond acceptors (Lipinski definition) is 4. The SMILES string of the molecule is CCn1cc(CC(O)c2cccc(OC)c2N)cn1. The van der Waals surface area contributed by atoms with E-state index in [9.17, 15) is 5.11 Å². The van der Waals surface area contributed by atoms with Gasteiger partial charge in [-0.2, -0.15) is 5.10 Å². The summed E-state index contributed by atoms with van der Waals surface area (Å²) in [5.41, 5.74) is 8.13. The Morgan fingerprint density at radius 3 is 2.89 bits per heavy atom. The van der Waals surface area contributed by atoms with E-state index in [0.717, 1.165) is 12.1 Å². The summed E-state index contributed by atoms with van der Waals surface area (Å²) in [5, 5.41) is 14.5. The van der Waals surface area contributed by atoms with Crippen molar-refractivity contribution in [2.45, 2.75) is 26.0 Å². The number of ether oxygens (including phenoxy) is 1. The number of methoxy groups -OCH3 is 1. The number of aliphatic hydroxyl groups excluding tert-OH is 1. The summed E-state index contributed by atoms with van der Waals surface area (Å²) in [6, 6.07) is 5.41. The molecule has 0 aliphatic rings. The van der Waals surface area contributed by atoms with Crippen molar-refractivity contribution in [3.05, 3.63) is 41.7 Å². The molecule has 1 unspecified atom stereocenters. The predicted molar refractivity (Wildman–Crippen MR) is 74.0 cm³/mol. The maximum absolute atomic E-state index is 10.3. The van der Waals surface area contributed by atoms with Crippen molar-refractivity contribution in [2.75, 3.05) is 12.8 Å². The maximum Gasteiger partial charge on any atom is 0.142 e. The van der Waals surface area contributed by atoms with E-state index in [-0.39, 0.29) is 0 Å². The molecule has 0 spiro atoms. The lowest BCUT2D eigenvalue weighted by atomic mass is 10.0. The maximum atomic E-state index is 10.3. The molecule has 5 heteroatoms. The van der Waals surface area contributed by atoms with Crippen molar-refractivity contribution in [3.8, 4) is 5.75 Å². The first-order valence-corrected chi connectivity index (χ1v) is 6.27. The van der Waals surface area contributed by atoms with Crippen LogP contribution in [-0.2, 0) is 13.0 Å². The molecule has 2 aromatic rings. The van der Waals surface area contributed by atoms with Gasteiger partial charge in [0, 0.05) is 24.7 Å². The van der Waals surface area contributed by atoms with E-state index in [1.807, 2.05) is 29.9 Å². The number of hydrogen-bond donors (Lipinski definition) is 2. The molecule has 19 heavy (non-hydrogen) atoms. The second-order valence-corrected chi connectivity index (χ2v) is 4.39. The molecular weight excluding hydrogens is 242 g/mol. The second-order valence-electron chi connectivity index (χ2n) is 4.39. The van der Waals surface area contributed by atoms with Crippen molar-refractivity contribution in [2.24, 2.45) is 0 Å². The topological polar surface area (TPSA) is 73.3 Å². The summed E-state index contributed by atoms with van der Waals surface area (Å²) in [7, 11) is 1.56. The van der Waals surface area contributed by atoms with Crippen molar-refractivity contribution >= 4 is 5.69 Å². The number of aliphatic hydroxyl groups is 1. The van der Waals surface area contributed by atoms with Crippen LogP contribution in [0.2, 0.25) is 0 Å². The fraction of sp³-hybridized carbons (Fsp3) is 0.357. The number of para-hydroxylation sites is 1. The lowest BCUT2D eigenvalue weighted by Crippen LogP contribution is -2.06. The van der Waals surface area contributed by atoms with Crippen LogP contribution in [0.3, 0.4) is 0 Å². The lowest BCUT2D eigenvalue weighted by molar-refractivity contribution is 0.179. The van der Waals surface area contributed by atoms with Gasteiger partial charge in [-0.3, -0.25) is 4.68 Å². The Morgan fingerprint density at radius 2 is 2.26 bits per heavy atom. The van der Waals surface area contributed by atoms with Crippen LogP contribution in [0.4, 0.5) is 5.69 Å². The number of nitrogens with two attached hydrogens (primary N) is 1. The fourth-order valence-electron chi connectivity index (χ4n) is 2.05. The first-order valence-electron chi connectivity index (χ1n) is 6.27. The molecule has 0 amide bonds. The van der Waals surface area contributed by atoms with E-state index < -0.39 is 6.10 Å². The van der Waals surface area contributed by atoms with Crippen molar-refractivity contribution < 1.29 is 9.84 Å². The third kappa shape index (κ3) is 2.88. The molecular formula is C14H19N3O2. The van der Waals surface area contributed by atoms with Crippen molar-refractivity contribution in [1.29, 1.82) is 0 Å². The van der Waals surface area contributed by atoms with E-state index in [0.29, 0.717) is 23.4 Å². The van der Waals surface area contributed by atoms with Crippen LogP contribution in [0, 0.1) is 0 Å². The average molecular weight is 261 g/mol. The summed E-state index contributed by atoms with van der Waals surface area (Å²) in [4.78, 5) is 0. The zero-order chi connectivity index (χ0) is 13.8. The number of anilines is 1. The molecule has 0 aliphatic carbocycles. The van der Waals surface area contributed by atoms with Crippen LogP contribution in [0.25, 0.3) is 0 Å². The Balaban J connectivity index is 2.17. The van der Waals surface area contributed by atoms with Crippen molar-refractivity contribution in [1.82, 2.24) is 9.78 Å². The highest BCUT2D eigenvalue weighted by molar-refractivity contribution is 5.59. The molecule has 1 heterocycles. The third-order valence-corrected chi connectivity index (χ3v) is 3.12. The highest BCUT2D eigenvalue weighted by Gasteiger charge is 2.15. The van der Waals surface area contributed by atoms with Crippen LogP contribution in [0.1, 0.15) is 24.2 Å². The molecule has 0 radical (unpaired) electrons. The highest BCUT2D eigenvalue weighted by Crippen LogP contribution is 2.30. The summed E-state index contributed by atoms with van der Waals surface area (Å²) >= 11 is 0. The van der Waals surface area contributed by atoms with Crippen molar-refractivity contribution in [3.63, 3.8) is 0 Å². The van der Waals surface area contributed by atoms with E-state index in [2.05, 4.69) is 5.10 Å². The second kappa shape index (κ2) is 5.75. The lowest BCUT2D eigenvalue weighted by Gasteiger charge is -2.14. The van der Waals surface area contributed by atoms with Gasteiger partial charge in [0.15, 0.2) is 0 Å². The minimum atomic E-state index is -0.662. The zero-order valence-electron chi connectivity index (χ0n) is 11.2. The minimum absolute atomic E-state index is 0.483. The first kappa shape index (κ1) is 13.4. The standard InChI is InChI=1S/C14H19N3O2/c1-3-17-9-10(8-16-17)7-12(18)11-5-4-6-13(19-2)14(11)15/h4-6,8-9,12,18H,3,7,15H2,1-2H3. The Labute approximate surface area is 112 Å². The largest absolute Gasteiger partial charge is 0.495 e. The third-order valence-electron chi connectivity index (χ3n) is 3.12. The van der Waals surface area contributed by atoms with Gasteiger partial charge in [0.1, 0.15) is 5.75 Å². The number of rotatable bonds is 5. The van der Waals surface area contributed by atoms with Gasteiger partial charge in [0.05, 0.1) is 25.1 Å². The summed E-state index contributed by atoms with van der Waals surface area (Å²) < 4.78 is 6.99. The van der Waals surface area contributed by atoms with Crippen LogP contribution in [-0.4, -0.2) is 22.0 Å². The molecule has 0 bridgehead atoms. The molecule has 0 saturated carbocycles. The monoisotopic (exact) mass is 261 g/mol. The normalized spacial score (nSPS) is 12.4. The number of aromatic nitrogens is 2. The smallest absolute Gasteiger partial charge is 0.142 e. The predicted octanol–water partition coefficient (Wildman–Crippen LogP) is 1.77. The van der Waals surface area contributed by atoms with E-state index in [1.54, 1.807) is 19.4 Å². The molecule has 0 aliphatic heterocycles. The Kier molecular flexibility index (Phi) is 4.06. The highest BCUT2D eigenvalue weighted by atomic mass is 16.5. The van der Waals surface area contributed by atoms with Gasteiger partial charge >= 0.3 is 0 Å². The number of nitrogen functional groups attached to an aromatic ring is 1. The van der Waals surface area contributed by atoms with Gasteiger partial charge < -0.3 is 15.6 Å². The quantitative estimate of drug-likeness (QED) is 0.804. The number of aryl methyl sites for hydroxylation is 1. The minimum Gasteiger partial charge on any atom is -0.495 e. The molecule has 5 nitrogen and oxygen atoms in total. The van der Waals surface area contributed by atoms with Crippen LogP contribution >= 0.6 is 0 Å². The Morgan fingerprint density at radius 1 is 1.47 bits per heavy atom. The van der Waals surface area contributed by atoms with Gasteiger partial charge in [-0.1, -0.05) is 12.1 Å².